The standard InChI is InChI=1S/C44H79O13P/c1-3-5-7-9-11-13-15-17-19-21-22-24-26-28-30-32-37(45)54-34-36(35-55-58(52,53)57-44-42(50)40(48)39(47)41(49)43(44)51)56-38(46)33-31-29-27-25-23-20-18-16-14-12-10-8-6-4-2/h11,13,17,19,22,24,36,39-44,47-51H,3-10,12,14-16,18,20-21,23,25-35H2,1-2H3,(H,52,53)/b13-11-,19-17-,24-22-/t36-,39?,40-,41?,42?,43?,44?/m1/s1. The summed E-state index contributed by atoms with van der Waals surface area (Å²) in [6.07, 6.45) is 24.9. The van der Waals surface area contributed by atoms with E-state index in [0.717, 1.165) is 57.8 Å². The highest BCUT2D eigenvalue weighted by Gasteiger charge is 2.51. The molecule has 1 fully saturated rings. The van der Waals surface area contributed by atoms with Gasteiger partial charge in [0, 0.05) is 12.8 Å². The maximum atomic E-state index is 12.8. The van der Waals surface area contributed by atoms with E-state index in [9.17, 15) is 44.6 Å². The van der Waals surface area contributed by atoms with Gasteiger partial charge >= 0.3 is 19.8 Å². The van der Waals surface area contributed by atoms with E-state index in [0.29, 0.717) is 12.8 Å². The Balaban J connectivity index is 2.51. The quantitative estimate of drug-likeness (QED) is 0.0152. The third kappa shape index (κ3) is 27.0. The van der Waals surface area contributed by atoms with Crippen LogP contribution in [0.3, 0.4) is 0 Å². The smallest absolute Gasteiger partial charge is 0.462 e. The maximum absolute atomic E-state index is 12.8. The Morgan fingerprint density at radius 2 is 0.931 bits per heavy atom. The monoisotopic (exact) mass is 847 g/mol. The molecule has 14 heteroatoms. The van der Waals surface area contributed by atoms with Crippen molar-refractivity contribution >= 4 is 19.8 Å². The number of aliphatic hydroxyl groups is 5. The Morgan fingerprint density at radius 1 is 0.534 bits per heavy atom. The predicted octanol–water partition coefficient (Wildman–Crippen LogP) is 8.22. The molecule has 0 heterocycles. The normalized spacial score (nSPS) is 22.8. The van der Waals surface area contributed by atoms with Crippen molar-refractivity contribution < 1.29 is 63.1 Å². The van der Waals surface area contributed by atoms with Crippen molar-refractivity contribution in [2.45, 2.75) is 217 Å². The Labute approximate surface area is 348 Å². The van der Waals surface area contributed by atoms with Gasteiger partial charge in [-0.3, -0.25) is 18.6 Å². The lowest BCUT2D eigenvalue weighted by Crippen LogP contribution is -2.64. The Morgan fingerprint density at radius 3 is 1.45 bits per heavy atom. The first-order valence-corrected chi connectivity index (χ1v) is 23.8. The molecule has 1 saturated carbocycles. The molecule has 0 aromatic heterocycles. The first-order chi connectivity index (χ1) is 27.9. The van der Waals surface area contributed by atoms with Gasteiger partial charge in [-0.1, -0.05) is 147 Å². The third-order valence-corrected chi connectivity index (χ3v) is 11.2. The number of esters is 2. The Kier molecular flexibility index (Phi) is 32.4. The molecule has 338 valence electrons. The van der Waals surface area contributed by atoms with E-state index >= 15 is 0 Å². The lowest BCUT2D eigenvalue weighted by molar-refractivity contribution is -0.220. The lowest BCUT2D eigenvalue weighted by Gasteiger charge is -2.41. The van der Waals surface area contributed by atoms with Crippen LogP contribution >= 0.6 is 7.82 Å². The van der Waals surface area contributed by atoms with Gasteiger partial charge in [0.2, 0.25) is 0 Å². The number of carbonyl (C=O) groups is 2. The summed E-state index contributed by atoms with van der Waals surface area (Å²) in [6.45, 7) is 3.23. The number of phosphoric ester groups is 1. The van der Waals surface area contributed by atoms with Gasteiger partial charge in [0.05, 0.1) is 6.61 Å². The average molecular weight is 847 g/mol. The molecule has 6 N–H and O–H groups in total. The van der Waals surface area contributed by atoms with Crippen LogP contribution in [-0.4, -0.2) is 98.3 Å². The number of hydrogen-bond acceptors (Lipinski definition) is 12. The molecule has 1 aliphatic rings. The molecule has 8 atom stereocenters. The van der Waals surface area contributed by atoms with Crippen LogP contribution in [0.5, 0.6) is 0 Å². The molecule has 0 amide bonds. The molecule has 13 nitrogen and oxygen atoms in total. The summed E-state index contributed by atoms with van der Waals surface area (Å²) in [7, 11) is -5.12. The second-order valence-corrected chi connectivity index (χ2v) is 17.0. The van der Waals surface area contributed by atoms with Crippen molar-refractivity contribution in [3.8, 4) is 0 Å². The molecular weight excluding hydrogens is 767 g/mol. The summed E-state index contributed by atoms with van der Waals surface area (Å²) in [4.78, 5) is 35.6. The van der Waals surface area contributed by atoms with Crippen LogP contribution in [0.25, 0.3) is 0 Å². The second kappa shape index (κ2) is 34.7. The van der Waals surface area contributed by atoms with E-state index < -0.39 is 75.7 Å². The van der Waals surface area contributed by atoms with Crippen LogP contribution < -0.4 is 0 Å². The summed E-state index contributed by atoms with van der Waals surface area (Å²) in [5.41, 5.74) is 0. The highest BCUT2D eigenvalue weighted by molar-refractivity contribution is 7.47. The Hall–Kier alpha value is -1.93. The van der Waals surface area contributed by atoms with Crippen molar-refractivity contribution in [1.29, 1.82) is 0 Å². The van der Waals surface area contributed by atoms with Gasteiger partial charge in [-0.25, -0.2) is 4.57 Å². The third-order valence-electron chi connectivity index (χ3n) is 10.2. The van der Waals surface area contributed by atoms with Crippen molar-refractivity contribution in [3.63, 3.8) is 0 Å². The zero-order valence-electron chi connectivity index (χ0n) is 35.6. The predicted molar refractivity (Wildman–Crippen MR) is 226 cm³/mol. The van der Waals surface area contributed by atoms with E-state index in [2.05, 4.69) is 50.3 Å². The van der Waals surface area contributed by atoms with Crippen LogP contribution in [0.2, 0.25) is 0 Å². The van der Waals surface area contributed by atoms with Crippen molar-refractivity contribution in [3.05, 3.63) is 36.5 Å². The van der Waals surface area contributed by atoms with Crippen molar-refractivity contribution in [2.75, 3.05) is 13.2 Å². The molecule has 1 aliphatic carbocycles. The molecule has 6 unspecified atom stereocenters. The van der Waals surface area contributed by atoms with Crippen LogP contribution in [0.4, 0.5) is 0 Å². The summed E-state index contributed by atoms with van der Waals surface area (Å²) in [6, 6.07) is 0. The molecule has 0 aromatic carbocycles. The summed E-state index contributed by atoms with van der Waals surface area (Å²) in [5, 5.41) is 50.1. The molecule has 0 radical (unpaired) electrons. The van der Waals surface area contributed by atoms with E-state index in [1.165, 1.54) is 77.0 Å². The number of phosphoric acid groups is 1. The number of rotatable bonds is 36. The highest BCUT2D eigenvalue weighted by atomic mass is 31.2. The van der Waals surface area contributed by atoms with Gasteiger partial charge in [0.1, 0.15) is 43.2 Å². The minimum atomic E-state index is -5.12. The molecule has 1 rings (SSSR count). The van der Waals surface area contributed by atoms with Gasteiger partial charge in [-0.05, 0) is 51.4 Å². The van der Waals surface area contributed by atoms with Crippen LogP contribution in [0.15, 0.2) is 36.5 Å². The molecule has 0 saturated heterocycles. The number of ether oxygens (including phenoxy) is 2. The van der Waals surface area contributed by atoms with E-state index in [1.807, 2.05) is 0 Å². The first-order valence-electron chi connectivity index (χ1n) is 22.3. The minimum Gasteiger partial charge on any atom is -0.462 e. The van der Waals surface area contributed by atoms with Gasteiger partial charge in [-0.15, -0.1) is 0 Å². The summed E-state index contributed by atoms with van der Waals surface area (Å²) in [5.74, 6) is -1.14. The summed E-state index contributed by atoms with van der Waals surface area (Å²) < 4.78 is 33.4. The van der Waals surface area contributed by atoms with E-state index in [-0.39, 0.29) is 12.8 Å². The van der Waals surface area contributed by atoms with Crippen LogP contribution in [0.1, 0.15) is 174 Å². The van der Waals surface area contributed by atoms with E-state index in [1.54, 1.807) is 0 Å². The van der Waals surface area contributed by atoms with Gasteiger partial charge in [0.25, 0.3) is 0 Å². The average Bonchev–Trinajstić information content (AvgIpc) is 3.20. The topological polar surface area (TPSA) is 210 Å². The fourth-order valence-corrected chi connectivity index (χ4v) is 7.56. The number of unbranched alkanes of at least 4 members (excludes halogenated alkanes) is 18. The molecule has 0 aliphatic heterocycles. The van der Waals surface area contributed by atoms with Crippen LogP contribution in [-0.2, 0) is 32.7 Å². The number of hydrogen-bond donors (Lipinski definition) is 6. The zero-order chi connectivity index (χ0) is 42.9. The molecule has 0 spiro atoms. The van der Waals surface area contributed by atoms with Gasteiger partial charge in [-0.2, -0.15) is 0 Å². The van der Waals surface area contributed by atoms with E-state index in [4.69, 9.17) is 18.5 Å². The lowest BCUT2D eigenvalue weighted by atomic mass is 9.85. The highest BCUT2D eigenvalue weighted by Crippen LogP contribution is 2.47. The fourth-order valence-electron chi connectivity index (χ4n) is 6.59. The van der Waals surface area contributed by atoms with Gasteiger partial charge < -0.3 is 39.9 Å². The Bertz CT molecular complexity index is 1160. The molecule has 0 bridgehead atoms. The SMILES string of the molecule is CCCCC/C=C\C/C=C\C/C=C\CCCCC(=O)OC[C@H](COP(=O)(O)OC1C(O)C(O)C(O)[C@@H](O)C1O)OC(=O)CCCCCCCCCCCCCCCC. The first kappa shape index (κ1) is 54.1. The second-order valence-electron chi connectivity index (χ2n) is 15.6. The van der Waals surface area contributed by atoms with Crippen LogP contribution in [0, 0.1) is 0 Å². The van der Waals surface area contributed by atoms with Crippen molar-refractivity contribution in [2.24, 2.45) is 0 Å². The molecule has 0 aromatic rings. The zero-order valence-corrected chi connectivity index (χ0v) is 36.5. The maximum Gasteiger partial charge on any atom is 0.472 e. The fraction of sp³-hybridized carbons (Fsp3) is 0.818. The largest absolute Gasteiger partial charge is 0.472 e. The summed E-state index contributed by atoms with van der Waals surface area (Å²) >= 11 is 0. The number of carbonyl (C=O) groups excluding carboxylic acids is 2. The number of aliphatic hydroxyl groups excluding tert-OH is 5. The minimum absolute atomic E-state index is 0.0911. The van der Waals surface area contributed by atoms with Gasteiger partial charge in [0.15, 0.2) is 6.10 Å². The van der Waals surface area contributed by atoms with Crippen molar-refractivity contribution in [1.82, 2.24) is 0 Å². The molecule has 58 heavy (non-hydrogen) atoms. The number of allylic oxidation sites excluding steroid dienone is 6. The molecular formula is C44H79O13P.